The largest absolute Gasteiger partial charge is 0.393 e. The first-order valence-corrected chi connectivity index (χ1v) is 5.29. The van der Waals surface area contributed by atoms with Crippen molar-refractivity contribution >= 4 is 22.6 Å². The zero-order chi connectivity index (χ0) is 9.84. The number of aliphatic hydroxyl groups is 2. The van der Waals surface area contributed by atoms with Crippen molar-refractivity contribution in [1.82, 2.24) is 0 Å². The van der Waals surface area contributed by atoms with Gasteiger partial charge in [-0.25, -0.2) is 0 Å². The van der Waals surface area contributed by atoms with Crippen LogP contribution in [0.4, 0.5) is 0 Å². The van der Waals surface area contributed by atoms with E-state index >= 15 is 0 Å². The Balaban J connectivity index is 2.66. The van der Waals surface area contributed by atoms with E-state index in [0.29, 0.717) is 6.42 Å². The van der Waals surface area contributed by atoms with Crippen LogP contribution < -0.4 is 0 Å². The normalized spacial score (nSPS) is 15.4. The summed E-state index contributed by atoms with van der Waals surface area (Å²) in [6.07, 6.45) is -0.632. The van der Waals surface area contributed by atoms with Gasteiger partial charge >= 0.3 is 0 Å². The molecule has 2 N–H and O–H groups in total. The molecule has 0 fully saturated rings. The van der Waals surface area contributed by atoms with Crippen molar-refractivity contribution in [3.8, 4) is 0 Å². The molecule has 0 spiro atoms. The highest BCUT2D eigenvalue weighted by Crippen LogP contribution is 2.19. The molecule has 0 bridgehead atoms. The summed E-state index contributed by atoms with van der Waals surface area (Å²) in [5, 5.41) is 18.7. The second-order valence-corrected chi connectivity index (χ2v) is 4.40. The minimum Gasteiger partial charge on any atom is -0.393 e. The molecule has 0 amide bonds. The molecule has 0 unspecified atom stereocenters. The van der Waals surface area contributed by atoms with Crippen molar-refractivity contribution in [3.63, 3.8) is 0 Å². The van der Waals surface area contributed by atoms with Gasteiger partial charge in [-0.15, -0.1) is 0 Å². The van der Waals surface area contributed by atoms with E-state index in [9.17, 15) is 5.11 Å². The molecule has 0 saturated heterocycles. The summed E-state index contributed by atoms with van der Waals surface area (Å²) in [5.74, 6) is 0. The molecular formula is C10H13IO2. The van der Waals surface area contributed by atoms with E-state index in [-0.39, 0.29) is 0 Å². The third-order valence-electron chi connectivity index (χ3n) is 1.82. The highest BCUT2D eigenvalue weighted by molar-refractivity contribution is 14.1. The molecule has 0 aliphatic rings. The molecule has 13 heavy (non-hydrogen) atoms. The Hall–Kier alpha value is -0.130. The van der Waals surface area contributed by atoms with Crippen LogP contribution in [0, 0.1) is 3.57 Å². The summed E-state index contributed by atoms with van der Waals surface area (Å²) < 4.78 is 1.14. The van der Waals surface area contributed by atoms with Gasteiger partial charge in [-0.1, -0.05) is 12.1 Å². The van der Waals surface area contributed by atoms with Crippen LogP contribution in [-0.2, 0) is 0 Å². The van der Waals surface area contributed by atoms with Gasteiger partial charge in [0.1, 0.15) is 0 Å². The first kappa shape index (κ1) is 10.9. The molecule has 2 nitrogen and oxygen atoms in total. The first-order valence-electron chi connectivity index (χ1n) is 4.21. The molecule has 2 atom stereocenters. The molecule has 0 radical (unpaired) electrons. The second-order valence-electron chi connectivity index (χ2n) is 3.15. The zero-order valence-electron chi connectivity index (χ0n) is 7.44. The fourth-order valence-electron chi connectivity index (χ4n) is 1.14. The Labute approximate surface area is 91.7 Å². The van der Waals surface area contributed by atoms with Crippen LogP contribution in [0.3, 0.4) is 0 Å². The van der Waals surface area contributed by atoms with Gasteiger partial charge in [0.25, 0.3) is 0 Å². The van der Waals surface area contributed by atoms with Crippen LogP contribution in [0.2, 0.25) is 0 Å². The SMILES string of the molecule is C[C@@H](O)C[C@H](O)c1ccc(I)cc1. The van der Waals surface area contributed by atoms with E-state index in [1.54, 1.807) is 6.92 Å². The van der Waals surface area contributed by atoms with Gasteiger partial charge in [0, 0.05) is 9.99 Å². The van der Waals surface area contributed by atoms with E-state index in [4.69, 9.17) is 5.11 Å². The van der Waals surface area contributed by atoms with Crippen LogP contribution in [0.15, 0.2) is 24.3 Å². The topological polar surface area (TPSA) is 40.5 Å². The lowest BCUT2D eigenvalue weighted by Crippen LogP contribution is -2.07. The van der Waals surface area contributed by atoms with Gasteiger partial charge in [-0.2, -0.15) is 0 Å². The van der Waals surface area contributed by atoms with Crippen molar-refractivity contribution < 1.29 is 10.2 Å². The third-order valence-corrected chi connectivity index (χ3v) is 2.54. The van der Waals surface area contributed by atoms with Crippen LogP contribution in [0.5, 0.6) is 0 Å². The Kier molecular flexibility index (Phi) is 4.15. The van der Waals surface area contributed by atoms with Crippen molar-refractivity contribution in [2.45, 2.75) is 25.6 Å². The Bertz CT molecular complexity index is 256. The minimum atomic E-state index is -0.558. The maximum absolute atomic E-state index is 9.62. The van der Waals surface area contributed by atoms with Crippen LogP contribution >= 0.6 is 22.6 Å². The summed E-state index contributed by atoms with van der Waals surface area (Å²) in [6, 6.07) is 7.66. The maximum Gasteiger partial charge on any atom is 0.0814 e. The Morgan fingerprint density at radius 1 is 1.23 bits per heavy atom. The van der Waals surface area contributed by atoms with Crippen molar-refractivity contribution in [2.75, 3.05) is 0 Å². The summed E-state index contributed by atoms with van der Waals surface area (Å²) in [7, 11) is 0. The van der Waals surface area contributed by atoms with E-state index in [0.717, 1.165) is 9.13 Å². The lowest BCUT2D eigenvalue weighted by atomic mass is 10.0. The summed E-state index contributed by atoms with van der Waals surface area (Å²) in [4.78, 5) is 0. The predicted molar refractivity (Wildman–Crippen MR) is 60.4 cm³/mol. The fourth-order valence-corrected chi connectivity index (χ4v) is 1.50. The average molecular weight is 292 g/mol. The van der Waals surface area contributed by atoms with Crippen LogP contribution in [0.1, 0.15) is 25.0 Å². The van der Waals surface area contributed by atoms with Gasteiger partial charge in [-0.05, 0) is 47.2 Å². The number of hydrogen-bond acceptors (Lipinski definition) is 2. The molecule has 72 valence electrons. The maximum atomic E-state index is 9.62. The number of halogens is 1. The quantitative estimate of drug-likeness (QED) is 0.838. The van der Waals surface area contributed by atoms with Crippen LogP contribution in [0.25, 0.3) is 0 Å². The number of rotatable bonds is 3. The van der Waals surface area contributed by atoms with Crippen molar-refractivity contribution in [2.24, 2.45) is 0 Å². The highest BCUT2D eigenvalue weighted by Gasteiger charge is 2.09. The fraction of sp³-hybridized carbons (Fsp3) is 0.400. The molecular weight excluding hydrogens is 279 g/mol. The molecule has 3 heteroatoms. The van der Waals surface area contributed by atoms with Gasteiger partial charge in [0.05, 0.1) is 12.2 Å². The molecule has 1 aromatic rings. The van der Waals surface area contributed by atoms with Crippen molar-refractivity contribution in [1.29, 1.82) is 0 Å². The molecule has 0 heterocycles. The van der Waals surface area contributed by atoms with Gasteiger partial charge in [0.15, 0.2) is 0 Å². The molecule has 1 aromatic carbocycles. The lowest BCUT2D eigenvalue weighted by Gasteiger charge is -2.12. The highest BCUT2D eigenvalue weighted by atomic mass is 127. The Morgan fingerprint density at radius 3 is 2.23 bits per heavy atom. The van der Waals surface area contributed by atoms with Gasteiger partial charge in [0.2, 0.25) is 0 Å². The number of aliphatic hydroxyl groups excluding tert-OH is 2. The molecule has 0 aliphatic carbocycles. The standard InChI is InChI=1S/C10H13IO2/c1-7(12)6-10(13)8-2-4-9(11)5-3-8/h2-5,7,10,12-13H,6H2,1H3/t7-,10+/m1/s1. The van der Waals surface area contributed by atoms with Crippen molar-refractivity contribution in [3.05, 3.63) is 33.4 Å². The summed E-state index contributed by atoms with van der Waals surface area (Å²) in [6.45, 7) is 1.68. The van der Waals surface area contributed by atoms with E-state index in [1.807, 2.05) is 24.3 Å². The number of benzene rings is 1. The monoisotopic (exact) mass is 292 g/mol. The van der Waals surface area contributed by atoms with Gasteiger partial charge in [-0.3, -0.25) is 0 Å². The second kappa shape index (κ2) is 4.93. The van der Waals surface area contributed by atoms with Gasteiger partial charge < -0.3 is 10.2 Å². The molecule has 0 aromatic heterocycles. The predicted octanol–water partition coefficient (Wildman–Crippen LogP) is 2.10. The molecule has 0 saturated carbocycles. The van der Waals surface area contributed by atoms with E-state index < -0.39 is 12.2 Å². The van der Waals surface area contributed by atoms with Crippen LogP contribution in [-0.4, -0.2) is 16.3 Å². The Morgan fingerprint density at radius 2 is 1.77 bits per heavy atom. The summed E-state index contributed by atoms with van der Waals surface area (Å²) >= 11 is 2.21. The first-order chi connectivity index (χ1) is 6.09. The van der Waals surface area contributed by atoms with E-state index in [2.05, 4.69) is 22.6 Å². The summed E-state index contributed by atoms with van der Waals surface area (Å²) in [5.41, 5.74) is 0.862. The smallest absolute Gasteiger partial charge is 0.0814 e. The van der Waals surface area contributed by atoms with E-state index in [1.165, 1.54) is 0 Å². The average Bonchev–Trinajstić information content (AvgIpc) is 2.04. The zero-order valence-corrected chi connectivity index (χ0v) is 9.60. The minimum absolute atomic E-state index is 0.389. The number of hydrogen-bond donors (Lipinski definition) is 2. The third kappa shape index (κ3) is 3.62. The molecule has 0 aliphatic heterocycles. The molecule has 1 rings (SSSR count). The lowest BCUT2D eigenvalue weighted by molar-refractivity contribution is 0.0907.